The molecule has 0 saturated heterocycles. The minimum absolute atomic E-state index is 0.200. The molecule has 0 aliphatic carbocycles. The number of carbonyl (C=O) groups is 1. The number of rotatable bonds is 1. The van der Waals surface area contributed by atoms with E-state index in [1.807, 2.05) is 0 Å². The summed E-state index contributed by atoms with van der Waals surface area (Å²) in [4.78, 5) is 10.2. The summed E-state index contributed by atoms with van der Waals surface area (Å²) in [6.07, 6.45) is 0. The molecule has 64 valence electrons. The fourth-order valence-corrected chi connectivity index (χ4v) is 1.13. The van der Waals surface area contributed by atoms with Crippen LogP contribution in [0, 0.1) is 5.82 Å². The van der Waals surface area contributed by atoms with Crippen LogP contribution in [0.25, 0.3) is 0 Å². The van der Waals surface area contributed by atoms with Crippen molar-refractivity contribution < 1.29 is 13.6 Å². The van der Waals surface area contributed by atoms with Crippen molar-refractivity contribution in [2.24, 2.45) is 0 Å². The summed E-state index contributed by atoms with van der Waals surface area (Å²) in [5, 5.41) is -0.445. The monoisotopic (exact) mass is 210 g/mol. The maximum Gasteiger partial charge on any atom is 0.333 e. The summed E-state index contributed by atoms with van der Waals surface area (Å²) in [5.41, 5.74) is -0.515. The molecule has 0 heterocycles. The van der Waals surface area contributed by atoms with Gasteiger partial charge in [0.05, 0.1) is 15.6 Å². The van der Waals surface area contributed by atoms with Gasteiger partial charge in [-0.15, -0.1) is 0 Å². The van der Waals surface area contributed by atoms with Crippen LogP contribution in [0.3, 0.4) is 0 Å². The Morgan fingerprint density at radius 2 is 1.83 bits per heavy atom. The first-order valence-corrected chi connectivity index (χ1v) is 3.62. The molecule has 1 aromatic rings. The van der Waals surface area contributed by atoms with E-state index in [2.05, 4.69) is 0 Å². The summed E-state index contributed by atoms with van der Waals surface area (Å²) in [5.74, 6) is -0.873. The Morgan fingerprint density at radius 1 is 1.25 bits per heavy atom. The van der Waals surface area contributed by atoms with Gasteiger partial charge in [0.2, 0.25) is 0 Å². The summed E-state index contributed by atoms with van der Waals surface area (Å²) in [7, 11) is 0. The Kier molecular flexibility index (Phi) is 2.65. The Bertz CT molecular complexity index is 338. The minimum atomic E-state index is -1.78. The third-order valence-corrected chi connectivity index (χ3v) is 1.82. The maximum absolute atomic E-state index is 12.6. The molecular weight excluding hydrogens is 209 g/mol. The van der Waals surface area contributed by atoms with Gasteiger partial charge in [0.1, 0.15) is 5.82 Å². The molecule has 0 spiro atoms. The predicted octanol–water partition coefficient (Wildman–Crippen LogP) is 3.24. The molecule has 0 aliphatic rings. The highest BCUT2D eigenvalue weighted by Crippen LogP contribution is 2.24. The fourth-order valence-electron chi connectivity index (χ4n) is 0.673. The third kappa shape index (κ3) is 1.73. The van der Waals surface area contributed by atoms with Gasteiger partial charge in [-0.1, -0.05) is 23.2 Å². The standard InChI is InChI=1S/C7H2Cl2F2O/c8-4-2-5(9)6(10)1-3(4)7(11)12/h1-2H. The van der Waals surface area contributed by atoms with Crippen LogP contribution < -0.4 is 0 Å². The van der Waals surface area contributed by atoms with Crippen molar-refractivity contribution in [3.8, 4) is 0 Å². The van der Waals surface area contributed by atoms with Crippen LogP contribution in [0.4, 0.5) is 8.78 Å². The van der Waals surface area contributed by atoms with Gasteiger partial charge in [0.25, 0.3) is 0 Å². The summed E-state index contributed by atoms with van der Waals surface area (Å²) >= 11 is 10.7. The van der Waals surface area contributed by atoms with E-state index in [9.17, 15) is 13.6 Å². The smallest absolute Gasteiger partial charge is 0.255 e. The predicted molar refractivity (Wildman–Crippen MR) is 41.9 cm³/mol. The number of halogens is 4. The molecule has 0 fully saturated rings. The van der Waals surface area contributed by atoms with Crippen LogP contribution in [-0.2, 0) is 0 Å². The van der Waals surface area contributed by atoms with E-state index < -0.39 is 17.4 Å². The van der Waals surface area contributed by atoms with Gasteiger partial charge < -0.3 is 0 Å². The molecule has 12 heavy (non-hydrogen) atoms. The van der Waals surface area contributed by atoms with E-state index in [-0.39, 0.29) is 10.0 Å². The molecule has 1 aromatic carbocycles. The van der Waals surface area contributed by atoms with E-state index >= 15 is 0 Å². The lowest BCUT2D eigenvalue weighted by Crippen LogP contribution is -1.93. The second kappa shape index (κ2) is 3.37. The molecule has 0 saturated carbocycles. The van der Waals surface area contributed by atoms with E-state index in [0.717, 1.165) is 6.07 Å². The molecular formula is C7H2Cl2F2O. The van der Waals surface area contributed by atoms with Gasteiger partial charge in [-0.05, 0) is 12.1 Å². The lowest BCUT2D eigenvalue weighted by Gasteiger charge is -1.98. The lowest BCUT2D eigenvalue weighted by molar-refractivity contribution is 0.0835. The molecule has 1 rings (SSSR count). The summed E-state index contributed by atoms with van der Waals surface area (Å²) < 4.78 is 24.7. The van der Waals surface area contributed by atoms with Gasteiger partial charge in [-0.2, -0.15) is 4.39 Å². The quantitative estimate of drug-likeness (QED) is 0.514. The Labute approximate surface area is 76.9 Å². The number of hydrogen-bond acceptors (Lipinski definition) is 1. The normalized spacial score (nSPS) is 10.0. The largest absolute Gasteiger partial charge is 0.333 e. The van der Waals surface area contributed by atoms with Crippen molar-refractivity contribution in [2.45, 2.75) is 0 Å². The number of carbonyl (C=O) groups excluding carboxylic acids is 1. The number of benzene rings is 1. The zero-order chi connectivity index (χ0) is 9.30. The van der Waals surface area contributed by atoms with Crippen molar-refractivity contribution in [1.29, 1.82) is 0 Å². The van der Waals surface area contributed by atoms with Crippen molar-refractivity contribution in [1.82, 2.24) is 0 Å². The molecule has 5 heteroatoms. The number of hydrogen-bond donors (Lipinski definition) is 0. The third-order valence-electron chi connectivity index (χ3n) is 1.22. The molecule has 0 N–H and O–H groups in total. The topological polar surface area (TPSA) is 17.1 Å². The maximum atomic E-state index is 12.6. The van der Waals surface area contributed by atoms with Gasteiger partial charge >= 0.3 is 6.04 Å². The van der Waals surface area contributed by atoms with Gasteiger partial charge in [0.15, 0.2) is 0 Å². The molecule has 0 radical (unpaired) electrons. The zero-order valence-electron chi connectivity index (χ0n) is 5.57. The van der Waals surface area contributed by atoms with E-state index in [0.29, 0.717) is 6.07 Å². The first kappa shape index (κ1) is 9.42. The van der Waals surface area contributed by atoms with Crippen LogP contribution in [0.1, 0.15) is 10.4 Å². The molecule has 0 aromatic heterocycles. The van der Waals surface area contributed by atoms with Crippen LogP contribution in [0.15, 0.2) is 12.1 Å². The van der Waals surface area contributed by atoms with Crippen molar-refractivity contribution in [2.75, 3.05) is 0 Å². The van der Waals surface area contributed by atoms with Crippen LogP contribution in [0.5, 0.6) is 0 Å². The first-order chi connectivity index (χ1) is 5.52. The van der Waals surface area contributed by atoms with Crippen molar-refractivity contribution in [3.05, 3.63) is 33.6 Å². The van der Waals surface area contributed by atoms with E-state index in [4.69, 9.17) is 23.2 Å². The average molecular weight is 211 g/mol. The Balaban J connectivity index is 3.33. The second-order valence-corrected chi connectivity index (χ2v) is 2.83. The Hall–Kier alpha value is -0.670. The van der Waals surface area contributed by atoms with Gasteiger partial charge in [0, 0.05) is 0 Å². The van der Waals surface area contributed by atoms with Crippen LogP contribution in [0.2, 0.25) is 10.0 Å². The Morgan fingerprint density at radius 3 is 2.33 bits per heavy atom. The first-order valence-electron chi connectivity index (χ1n) is 2.86. The highest BCUT2D eigenvalue weighted by atomic mass is 35.5. The molecule has 0 aliphatic heterocycles. The van der Waals surface area contributed by atoms with E-state index in [1.165, 1.54) is 0 Å². The molecule has 1 nitrogen and oxygen atoms in total. The average Bonchev–Trinajstić information content (AvgIpc) is 1.96. The minimum Gasteiger partial charge on any atom is -0.255 e. The van der Waals surface area contributed by atoms with Gasteiger partial charge in [-0.25, -0.2) is 4.39 Å². The SMILES string of the molecule is O=C(F)c1cc(F)c(Cl)cc1Cl. The summed E-state index contributed by atoms with van der Waals surface area (Å²) in [6, 6.07) is -0.145. The lowest BCUT2D eigenvalue weighted by atomic mass is 10.2. The van der Waals surface area contributed by atoms with Crippen molar-refractivity contribution in [3.63, 3.8) is 0 Å². The highest BCUT2D eigenvalue weighted by Gasteiger charge is 2.12. The zero-order valence-corrected chi connectivity index (χ0v) is 7.09. The molecule has 0 bridgehead atoms. The molecule has 0 atom stereocenters. The van der Waals surface area contributed by atoms with Crippen LogP contribution >= 0.6 is 23.2 Å². The summed E-state index contributed by atoms with van der Waals surface area (Å²) in [6.45, 7) is 0. The van der Waals surface area contributed by atoms with Crippen molar-refractivity contribution >= 4 is 29.2 Å². The van der Waals surface area contributed by atoms with Gasteiger partial charge in [-0.3, -0.25) is 4.79 Å². The highest BCUT2D eigenvalue weighted by molar-refractivity contribution is 6.36. The van der Waals surface area contributed by atoms with Crippen LogP contribution in [-0.4, -0.2) is 6.04 Å². The molecule has 0 amide bonds. The van der Waals surface area contributed by atoms with E-state index in [1.54, 1.807) is 0 Å². The molecule has 0 unspecified atom stereocenters. The fraction of sp³-hybridized carbons (Fsp3) is 0. The second-order valence-electron chi connectivity index (χ2n) is 2.02.